The molecule has 0 spiro atoms. The van der Waals surface area contributed by atoms with Crippen LogP contribution in [0.5, 0.6) is 11.5 Å². The smallest absolute Gasteiger partial charge is 0.387 e. The molecular weight excluding hydrogens is 436 g/mol. The van der Waals surface area contributed by atoms with E-state index in [1.807, 2.05) is 17.5 Å². The first-order chi connectivity index (χ1) is 14.9. The largest absolute Gasteiger partial charge is 0.493 e. The van der Waals surface area contributed by atoms with Crippen LogP contribution in [0.15, 0.2) is 34.2 Å². The van der Waals surface area contributed by atoms with Crippen molar-refractivity contribution < 1.29 is 37.1 Å². The van der Waals surface area contributed by atoms with E-state index in [1.54, 1.807) is 0 Å². The molecule has 31 heavy (non-hydrogen) atoms. The van der Waals surface area contributed by atoms with Gasteiger partial charge in [0.25, 0.3) is 0 Å². The number of benzene rings is 1. The van der Waals surface area contributed by atoms with Crippen molar-refractivity contribution in [1.29, 1.82) is 0 Å². The number of carbonyl (C=O) groups is 2. The molecule has 0 aliphatic rings. The highest BCUT2D eigenvalue weighted by Gasteiger charge is 2.21. The van der Waals surface area contributed by atoms with Crippen molar-refractivity contribution in [3.8, 4) is 22.2 Å². The van der Waals surface area contributed by atoms with Gasteiger partial charge in [-0.25, -0.2) is 4.79 Å². The number of aryl methyl sites for hydroxylation is 1. The van der Waals surface area contributed by atoms with E-state index in [0.717, 1.165) is 24.1 Å². The molecular formula is C19H17F2N3O6S. The molecule has 3 rings (SSSR count). The molecule has 0 unspecified atom stereocenters. The summed E-state index contributed by atoms with van der Waals surface area (Å²) in [5.41, 5.74) is -0.162. The average molecular weight is 453 g/mol. The minimum atomic E-state index is -3.13. The SMILES string of the molecule is COC(=O)c1cc(OC)c(OC(F)F)cc1NC(=O)CCc1nc(-c2cccs2)no1. The molecule has 1 amide bonds. The fraction of sp³-hybridized carbons (Fsp3) is 0.263. The van der Waals surface area contributed by atoms with Crippen molar-refractivity contribution in [2.75, 3.05) is 19.5 Å². The molecule has 164 valence electrons. The fourth-order valence-corrected chi connectivity index (χ4v) is 3.23. The number of thiophene rings is 1. The summed E-state index contributed by atoms with van der Waals surface area (Å²) in [5, 5.41) is 8.22. The number of alkyl halides is 2. The Morgan fingerprint density at radius 2 is 2.06 bits per heavy atom. The van der Waals surface area contributed by atoms with E-state index in [4.69, 9.17) is 9.26 Å². The first-order valence-corrected chi connectivity index (χ1v) is 9.70. The second kappa shape index (κ2) is 9.98. The normalized spacial score (nSPS) is 10.7. The molecule has 1 N–H and O–H groups in total. The van der Waals surface area contributed by atoms with E-state index in [2.05, 4.69) is 24.9 Å². The number of rotatable bonds is 9. The lowest BCUT2D eigenvalue weighted by molar-refractivity contribution is -0.116. The topological polar surface area (TPSA) is 113 Å². The Labute approximate surface area is 178 Å². The number of methoxy groups -OCH3 is 2. The number of esters is 1. The van der Waals surface area contributed by atoms with Gasteiger partial charge in [0.05, 0.1) is 30.3 Å². The van der Waals surface area contributed by atoms with Crippen LogP contribution in [0.1, 0.15) is 22.7 Å². The van der Waals surface area contributed by atoms with Gasteiger partial charge in [-0.1, -0.05) is 11.2 Å². The summed E-state index contributed by atoms with van der Waals surface area (Å²) in [6.45, 7) is -3.13. The molecule has 0 atom stereocenters. The van der Waals surface area contributed by atoms with Gasteiger partial charge < -0.3 is 24.1 Å². The van der Waals surface area contributed by atoms with Gasteiger partial charge in [-0.3, -0.25) is 4.79 Å². The maximum absolute atomic E-state index is 12.7. The van der Waals surface area contributed by atoms with Gasteiger partial charge in [-0.2, -0.15) is 13.8 Å². The van der Waals surface area contributed by atoms with Gasteiger partial charge in [0.15, 0.2) is 11.5 Å². The second-order valence-electron chi connectivity index (χ2n) is 5.96. The number of hydrogen-bond acceptors (Lipinski definition) is 9. The number of carbonyl (C=O) groups excluding carboxylic acids is 2. The molecule has 3 aromatic rings. The van der Waals surface area contributed by atoms with Crippen molar-refractivity contribution in [3.63, 3.8) is 0 Å². The highest BCUT2D eigenvalue weighted by Crippen LogP contribution is 2.35. The molecule has 0 radical (unpaired) electrons. The van der Waals surface area contributed by atoms with Gasteiger partial charge in [-0.15, -0.1) is 11.3 Å². The predicted molar refractivity (Wildman–Crippen MR) is 106 cm³/mol. The van der Waals surface area contributed by atoms with Crippen LogP contribution in [0.25, 0.3) is 10.7 Å². The van der Waals surface area contributed by atoms with Gasteiger partial charge in [0, 0.05) is 25.0 Å². The summed E-state index contributed by atoms with van der Waals surface area (Å²) in [4.78, 5) is 29.5. The lowest BCUT2D eigenvalue weighted by Gasteiger charge is -2.15. The van der Waals surface area contributed by atoms with Crippen molar-refractivity contribution in [2.45, 2.75) is 19.5 Å². The van der Waals surface area contributed by atoms with Gasteiger partial charge in [0.2, 0.25) is 17.6 Å². The molecule has 0 aliphatic heterocycles. The number of nitrogens with zero attached hydrogens (tertiary/aromatic N) is 2. The third kappa shape index (κ3) is 5.54. The molecule has 0 saturated carbocycles. The van der Waals surface area contributed by atoms with E-state index < -0.39 is 18.5 Å². The van der Waals surface area contributed by atoms with Crippen LogP contribution < -0.4 is 14.8 Å². The number of ether oxygens (including phenoxy) is 3. The van der Waals surface area contributed by atoms with E-state index >= 15 is 0 Å². The van der Waals surface area contributed by atoms with Crippen LogP contribution in [0.3, 0.4) is 0 Å². The summed E-state index contributed by atoms with van der Waals surface area (Å²) >= 11 is 1.45. The highest BCUT2D eigenvalue weighted by atomic mass is 32.1. The molecule has 9 nitrogen and oxygen atoms in total. The van der Waals surface area contributed by atoms with Gasteiger partial charge in [0.1, 0.15) is 0 Å². The maximum Gasteiger partial charge on any atom is 0.387 e. The summed E-state index contributed by atoms with van der Waals surface area (Å²) in [6, 6.07) is 5.90. The Morgan fingerprint density at radius 1 is 1.26 bits per heavy atom. The summed E-state index contributed by atoms with van der Waals surface area (Å²) in [7, 11) is 2.37. The maximum atomic E-state index is 12.7. The molecule has 0 fully saturated rings. The summed E-state index contributed by atoms with van der Waals surface area (Å²) in [5.74, 6) is -1.11. The minimum absolute atomic E-state index is 0.0657. The zero-order valence-electron chi connectivity index (χ0n) is 16.4. The molecule has 2 heterocycles. The molecule has 1 aromatic carbocycles. The van der Waals surface area contributed by atoms with Crippen LogP contribution >= 0.6 is 11.3 Å². The quantitative estimate of drug-likeness (QED) is 0.487. The zero-order chi connectivity index (χ0) is 22.4. The Hall–Kier alpha value is -3.54. The monoisotopic (exact) mass is 453 g/mol. The van der Waals surface area contributed by atoms with Crippen molar-refractivity contribution in [3.05, 3.63) is 41.1 Å². The first kappa shape index (κ1) is 22.2. The van der Waals surface area contributed by atoms with Gasteiger partial charge >= 0.3 is 12.6 Å². The lowest BCUT2D eigenvalue weighted by atomic mass is 10.1. The summed E-state index contributed by atoms with van der Waals surface area (Å²) in [6.07, 6.45) is 0.0675. The predicted octanol–water partition coefficient (Wildman–Crippen LogP) is 3.77. The standard InChI is InChI=1S/C19H17F2N3O6S/c1-27-12-8-10(18(26)28-2)11(9-13(12)29-19(20)21)22-15(25)5-6-16-23-17(24-30-16)14-4-3-7-31-14/h3-4,7-9,19H,5-6H2,1-2H3,(H,22,25). The van der Waals surface area contributed by atoms with E-state index in [0.29, 0.717) is 5.82 Å². The van der Waals surface area contributed by atoms with Crippen molar-refractivity contribution >= 4 is 28.9 Å². The Kier molecular flexibility index (Phi) is 7.13. The molecule has 0 bridgehead atoms. The van der Waals surface area contributed by atoms with Crippen molar-refractivity contribution in [1.82, 2.24) is 10.1 Å². The van der Waals surface area contributed by atoms with E-state index in [1.165, 1.54) is 18.4 Å². The molecule has 2 aromatic heterocycles. The zero-order valence-corrected chi connectivity index (χ0v) is 17.2. The van der Waals surface area contributed by atoms with E-state index in [-0.39, 0.29) is 41.5 Å². The number of amides is 1. The minimum Gasteiger partial charge on any atom is -0.493 e. The van der Waals surface area contributed by atoms with Gasteiger partial charge in [-0.05, 0) is 11.4 Å². The lowest BCUT2D eigenvalue weighted by Crippen LogP contribution is -2.16. The van der Waals surface area contributed by atoms with Crippen LogP contribution in [-0.2, 0) is 16.0 Å². The molecule has 0 saturated heterocycles. The third-order valence-electron chi connectivity index (χ3n) is 3.97. The molecule has 12 heteroatoms. The summed E-state index contributed by atoms with van der Waals surface area (Å²) < 4.78 is 44.6. The number of aromatic nitrogens is 2. The average Bonchev–Trinajstić information content (AvgIpc) is 3.43. The number of anilines is 1. The molecule has 0 aliphatic carbocycles. The van der Waals surface area contributed by atoms with Crippen LogP contribution in [-0.4, -0.2) is 42.8 Å². The Balaban J connectivity index is 1.73. The first-order valence-electron chi connectivity index (χ1n) is 8.82. The number of halogens is 2. The number of nitrogens with one attached hydrogen (secondary N) is 1. The van der Waals surface area contributed by atoms with Crippen LogP contribution in [0, 0.1) is 0 Å². The fourth-order valence-electron chi connectivity index (χ4n) is 2.59. The van der Waals surface area contributed by atoms with Crippen LogP contribution in [0.2, 0.25) is 0 Å². The Morgan fingerprint density at radius 3 is 2.71 bits per heavy atom. The third-order valence-corrected chi connectivity index (χ3v) is 4.84. The van der Waals surface area contributed by atoms with E-state index in [9.17, 15) is 18.4 Å². The second-order valence-corrected chi connectivity index (χ2v) is 6.90. The number of hydrogen-bond donors (Lipinski definition) is 1. The van der Waals surface area contributed by atoms with Crippen LogP contribution in [0.4, 0.5) is 14.5 Å². The highest BCUT2D eigenvalue weighted by molar-refractivity contribution is 7.13. The van der Waals surface area contributed by atoms with Crippen molar-refractivity contribution in [2.24, 2.45) is 0 Å². The Bertz CT molecular complexity index is 1060.